The molecule has 0 aromatic heterocycles. The van der Waals surface area contributed by atoms with Crippen LogP contribution in [0.2, 0.25) is 0 Å². The Morgan fingerprint density at radius 3 is 2.69 bits per heavy atom. The molecule has 16 heavy (non-hydrogen) atoms. The second-order valence-electron chi connectivity index (χ2n) is 4.84. The van der Waals surface area contributed by atoms with Gasteiger partial charge in [-0.1, -0.05) is 26.0 Å². The van der Waals surface area contributed by atoms with Crippen molar-refractivity contribution < 1.29 is 4.79 Å². The van der Waals surface area contributed by atoms with Crippen molar-refractivity contribution in [3.05, 3.63) is 12.2 Å². The van der Waals surface area contributed by atoms with Crippen LogP contribution in [0.25, 0.3) is 0 Å². The minimum absolute atomic E-state index is 0.275. The van der Waals surface area contributed by atoms with Crippen LogP contribution in [0.3, 0.4) is 0 Å². The molecule has 0 heterocycles. The van der Waals surface area contributed by atoms with Gasteiger partial charge in [-0.15, -0.1) is 0 Å². The first-order valence-electron chi connectivity index (χ1n) is 6.58. The van der Waals surface area contributed by atoms with Crippen molar-refractivity contribution in [2.45, 2.75) is 46.0 Å². The third-order valence-corrected chi connectivity index (χ3v) is 3.41. The predicted molar refractivity (Wildman–Crippen MR) is 68.2 cm³/mol. The van der Waals surface area contributed by atoms with Gasteiger partial charge in [0.05, 0.1) is 0 Å². The van der Waals surface area contributed by atoms with Crippen LogP contribution in [0.4, 0.5) is 0 Å². The van der Waals surface area contributed by atoms with Gasteiger partial charge < -0.3 is 4.90 Å². The van der Waals surface area contributed by atoms with Crippen molar-refractivity contribution in [3.63, 3.8) is 0 Å². The maximum Gasteiger partial charge on any atom is 0.222 e. The Labute approximate surface area is 99.7 Å². The molecule has 2 nitrogen and oxygen atoms in total. The molecule has 0 saturated heterocycles. The van der Waals surface area contributed by atoms with Crippen LogP contribution < -0.4 is 0 Å². The maximum absolute atomic E-state index is 11.4. The molecule has 0 aromatic carbocycles. The summed E-state index contributed by atoms with van der Waals surface area (Å²) in [7, 11) is 1.93. The Balaban J connectivity index is 2.10. The standard InChI is InChI=1S/C14H25NO/c1-4-6-7-8-9-12-10-13(12)11-15(3)14(16)5-2/h6-7,12-13H,4-5,8-11H2,1-3H3/b7-6-/t12-,13-/m0/s1. The summed E-state index contributed by atoms with van der Waals surface area (Å²) in [6.07, 6.45) is 10.1. The van der Waals surface area contributed by atoms with E-state index in [9.17, 15) is 4.79 Å². The lowest BCUT2D eigenvalue weighted by atomic mass is 10.1. The molecule has 1 rings (SSSR count). The zero-order chi connectivity index (χ0) is 12.0. The van der Waals surface area contributed by atoms with E-state index in [-0.39, 0.29) is 5.91 Å². The van der Waals surface area contributed by atoms with Crippen LogP contribution in [-0.4, -0.2) is 24.4 Å². The lowest BCUT2D eigenvalue weighted by Crippen LogP contribution is -2.28. The van der Waals surface area contributed by atoms with Crippen LogP contribution in [-0.2, 0) is 4.79 Å². The molecule has 0 radical (unpaired) electrons. The molecule has 0 aliphatic heterocycles. The van der Waals surface area contributed by atoms with E-state index in [1.807, 2.05) is 18.9 Å². The Bertz CT molecular complexity index is 247. The SMILES string of the molecule is CC/C=C\CC[C@H]1C[C@H]1CN(C)C(=O)CC. The number of carbonyl (C=O) groups is 1. The van der Waals surface area contributed by atoms with Gasteiger partial charge in [-0.25, -0.2) is 0 Å². The normalized spacial score (nSPS) is 23.7. The van der Waals surface area contributed by atoms with Crippen molar-refractivity contribution in [2.24, 2.45) is 11.8 Å². The number of carbonyl (C=O) groups excluding carboxylic acids is 1. The Morgan fingerprint density at radius 1 is 1.31 bits per heavy atom. The highest BCUT2D eigenvalue weighted by molar-refractivity contribution is 5.75. The van der Waals surface area contributed by atoms with Crippen LogP contribution in [0.5, 0.6) is 0 Å². The molecular weight excluding hydrogens is 198 g/mol. The topological polar surface area (TPSA) is 20.3 Å². The fourth-order valence-electron chi connectivity index (χ4n) is 2.21. The molecule has 1 aliphatic rings. The summed E-state index contributed by atoms with van der Waals surface area (Å²) < 4.78 is 0. The number of hydrogen-bond donors (Lipinski definition) is 0. The smallest absolute Gasteiger partial charge is 0.222 e. The van der Waals surface area contributed by atoms with Gasteiger partial charge in [0.1, 0.15) is 0 Å². The number of amides is 1. The molecule has 2 heteroatoms. The molecule has 1 fully saturated rings. The van der Waals surface area contributed by atoms with Crippen molar-refractivity contribution in [2.75, 3.05) is 13.6 Å². The fraction of sp³-hybridized carbons (Fsp3) is 0.786. The second-order valence-corrected chi connectivity index (χ2v) is 4.84. The van der Waals surface area contributed by atoms with Crippen molar-refractivity contribution >= 4 is 5.91 Å². The van der Waals surface area contributed by atoms with Crippen molar-refractivity contribution in [3.8, 4) is 0 Å². The van der Waals surface area contributed by atoms with Gasteiger partial charge in [-0.2, -0.15) is 0 Å². The van der Waals surface area contributed by atoms with Crippen LogP contribution in [0.15, 0.2) is 12.2 Å². The molecule has 0 unspecified atom stereocenters. The first-order valence-corrected chi connectivity index (χ1v) is 6.58. The molecule has 0 bridgehead atoms. The Hall–Kier alpha value is -0.790. The summed E-state index contributed by atoms with van der Waals surface area (Å²) in [5, 5.41) is 0. The quantitative estimate of drug-likeness (QED) is 0.607. The average Bonchev–Trinajstić information content (AvgIpc) is 3.01. The van der Waals surface area contributed by atoms with E-state index >= 15 is 0 Å². The highest BCUT2D eigenvalue weighted by Crippen LogP contribution is 2.42. The summed E-state index contributed by atoms with van der Waals surface area (Å²) in [4.78, 5) is 13.3. The first kappa shape index (κ1) is 13.3. The molecule has 92 valence electrons. The molecule has 0 N–H and O–H groups in total. The first-order chi connectivity index (χ1) is 7.69. The zero-order valence-electron chi connectivity index (χ0n) is 10.9. The van der Waals surface area contributed by atoms with Gasteiger partial charge in [-0.05, 0) is 37.5 Å². The minimum Gasteiger partial charge on any atom is -0.345 e. The zero-order valence-corrected chi connectivity index (χ0v) is 10.9. The summed E-state index contributed by atoms with van der Waals surface area (Å²) in [6, 6.07) is 0. The summed E-state index contributed by atoms with van der Waals surface area (Å²) in [6.45, 7) is 5.06. The molecular formula is C14H25NO. The van der Waals surface area contributed by atoms with E-state index in [4.69, 9.17) is 0 Å². The monoisotopic (exact) mass is 223 g/mol. The maximum atomic E-state index is 11.4. The number of hydrogen-bond acceptors (Lipinski definition) is 1. The predicted octanol–water partition coefficient (Wildman–Crippen LogP) is 3.24. The molecule has 1 saturated carbocycles. The van der Waals surface area contributed by atoms with E-state index in [0.29, 0.717) is 6.42 Å². The molecule has 1 aliphatic carbocycles. The fourth-order valence-corrected chi connectivity index (χ4v) is 2.21. The molecule has 0 spiro atoms. The third-order valence-electron chi connectivity index (χ3n) is 3.41. The van der Waals surface area contributed by atoms with Crippen molar-refractivity contribution in [1.29, 1.82) is 0 Å². The minimum atomic E-state index is 0.275. The van der Waals surface area contributed by atoms with E-state index in [1.54, 1.807) is 0 Å². The van der Waals surface area contributed by atoms with Crippen LogP contribution >= 0.6 is 0 Å². The Kier molecular flexibility index (Phi) is 5.58. The van der Waals surface area contributed by atoms with Gasteiger partial charge in [-0.3, -0.25) is 4.79 Å². The number of allylic oxidation sites excluding steroid dienone is 2. The lowest BCUT2D eigenvalue weighted by Gasteiger charge is -2.15. The average molecular weight is 223 g/mol. The number of rotatable bonds is 7. The molecule has 2 atom stereocenters. The van der Waals surface area contributed by atoms with E-state index in [2.05, 4.69) is 19.1 Å². The van der Waals surface area contributed by atoms with E-state index in [1.165, 1.54) is 19.3 Å². The van der Waals surface area contributed by atoms with Crippen LogP contribution in [0, 0.1) is 11.8 Å². The van der Waals surface area contributed by atoms with Crippen LogP contribution in [0.1, 0.15) is 46.0 Å². The van der Waals surface area contributed by atoms with Gasteiger partial charge >= 0.3 is 0 Å². The molecule has 0 aromatic rings. The van der Waals surface area contributed by atoms with Gasteiger partial charge in [0, 0.05) is 20.0 Å². The lowest BCUT2D eigenvalue weighted by molar-refractivity contribution is -0.129. The van der Waals surface area contributed by atoms with Gasteiger partial charge in [0.2, 0.25) is 5.91 Å². The highest BCUT2D eigenvalue weighted by Gasteiger charge is 2.37. The summed E-state index contributed by atoms with van der Waals surface area (Å²) >= 11 is 0. The second kappa shape index (κ2) is 6.72. The van der Waals surface area contributed by atoms with E-state index < -0.39 is 0 Å². The largest absolute Gasteiger partial charge is 0.345 e. The van der Waals surface area contributed by atoms with E-state index in [0.717, 1.165) is 24.8 Å². The van der Waals surface area contributed by atoms with Crippen molar-refractivity contribution in [1.82, 2.24) is 4.90 Å². The number of nitrogens with zero attached hydrogens (tertiary/aromatic N) is 1. The third kappa shape index (κ3) is 4.38. The summed E-state index contributed by atoms with van der Waals surface area (Å²) in [5.74, 6) is 1.92. The summed E-state index contributed by atoms with van der Waals surface area (Å²) in [5.41, 5.74) is 0. The van der Waals surface area contributed by atoms with Gasteiger partial charge in [0.15, 0.2) is 0 Å². The highest BCUT2D eigenvalue weighted by atomic mass is 16.2. The van der Waals surface area contributed by atoms with Gasteiger partial charge in [0.25, 0.3) is 0 Å². The Morgan fingerprint density at radius 2 is 2.06 bits per heavy atom. The molecule has 1 amide bonds.